The number of hydrogen-bond donors (Lipinski definition) is 0. The van der Waals surface area contributed by atoms with E-state index < -0.39 is 0 Å². The van der Waals surface area contributed by atoms with Gasteiger partial charge < -0.3 is 4.90 Å². The molecule has 5 aromatic rings. The fourth-order valence-electron chi connectivity index (χ4n) is 4.23. The van der Waals surface area contributed by atoms with Crippen LogP contribution in [0.25, 0.3) is 21.9 Å². The molecular formula is C31H18N4. The maximum atomic E-state index is 9.62. The zero-order valence-electron chi connectivity index (χ0n) is 18.7. The van der Waals surface area contributed by atoms with Crippen molar-refractivity contribution in [1.82, 2.24) is 0 Å². The molecule has 5 rings (SSSR count). The summed E-state index contributed by atoms with van der Waals surface area (Å²) in [5.74, 6) is 0. The minimum atomic E-state index is 0.592. The van der Waals surface area contributed by atoms with E-state index in [1.807, 2.05) is 72.8 Å². The highest BCUT2D eigenvalue weighted by molar-refractivity contribution is 6.01. The Hall–Kier alpha value is -5.37. The van der Waals surface area contributed by atoms with Crippen LogP contribution in [0.15, 0.2) is 109 Å². The smallest absolute Gasteiger partial charge is 0.0998 e. The Kier molecular flexibility index (Phi) is 5.67. The molecule has 0 radical (unpaired) electrons. The van der Waals surface area contributed by atoms with Crippen LogP contribution in [0.5, 0.6) is 0 Å². The van der Waals surface area contributed by atoms with Gasteiger partial charge in [0, 0.05) is 22.1 Å². The van der Waals surface area contributed by atoms with E-state index in [0.29, 0.717) is 16.7 Å². The lowest BCUT2D eigenvalue weighted by atomic mass is 10.0. The third-order valence-corrected chi connectivity index (χ3v) is 5.99. The molecule has 35 heavy (non-hydrogen) atoms. The molecule has 0 amide bonds. The van der Waals surface area contributed by atoms with Gasteiger partial charge in [-0.15, -0.1) is 0 Å². The lowest BCUT2D eigenvalue weighted by molar-refractivity contribution is 1.29. The molecule has 0 unspecified atom stereocenters. The van der Waals surface area contributed by atoms with Gasteiger partial charge in [-0.25, -0.2) is 0 Å². The van der Waals surface area contributed by atoms with Gasteiger partial charge in [-0.05, 0) is 71.8 Å². The fraction of sp³-hybridized carbons (Fsp3) is 0. The third-order valence-electron chi connectivity index (χ3n) is 5.99. The van der Waals surface area contributed by atoms with Gasteiger partial charge in [0.15, 0.2) is 0 Å². The van der Waals surface area contributed by atoms with Crippen molar-refractivity contribution in [3.63, 3.8) is 0 Å². The third kappa shape index (κ3) is 4.07. The van der Waals surface area contributed by atoms with Gasteiger partial charge in [0.05, 0.1) is 40.6 Å². The summed E-state index contributed by atoms with van der Waals surface area (Å²) >= 11 is 0. The summed E-state index contributed by atoms with van der Waals surface area (Å²) in [4.78, 5) is 2.13. The summed E-state index contributed by atoms with van der Waals surface area (Å²) in [5.41, 5.74) is 6.72. The van der Waals surface area contributed by atoms with Gasteiger partial charge in [-0.1, -0.05) is 48.5 Å². The summed E-state index contributed by atoms with van der Waals surface area (Å²) in [7, 11) is 0. The first-order valence-corrected chi connectivity index (χ1v) is 11.0. The Labute approximate surface area is 203 Å². The standard InChI is InChI=1S/C31H18N4/c32-19-22-5-9-24(10-6-22)25-11-16-28(17-12-25)35(27-14-7-23(20-33)8-15-27)31-18-13-26(21-34)29-3-1-2-4-30(29)31/h1-18H. The molecule has 0 heterocycles. The van der Waals surface area contributed by atoms with E-state index in [-0.39, 0.29) is 0 Å². The van der Waals surface area contributed by atoms with E-state index in [2.05, 4.69) is 47.4 Å². The molecule has 0 saturated carbocycles. The molecule has 0 spiro atoms. The number of anilines is 3. The molecule has 5 aromatic carbocycles. The highest BCUT2D eigenvalue weighted by atomic mass is 15.1. The predicted molar refractivity (Wildman–Crippen MR) is 138 cm³/mol. The normalized spacial score (nSPS) is 10.2. The lowest BCUT2D eigenvalue weighted by Gasteiger charge is -2.27. The quantitative estimate of drug-likeness (QED) is 0.285. The van der Waals surface area contributed by atoms with Gasteiger partial charge in [-0.2, -0.15) is 15.8 Å². The molecular weight excluding hydrogens is 428 g/mol. The second-order valence-electron chi connectivity index (χ2n) is 8.02. The lowest BCUT2D eigenvalue weighted by Crippen LogP contribution is -2.10. The molecule has 0 fully saturated rings. The summed E-state index contributed by atoms with van der Waals surface area (Å²) in [6.45, 7) is 0. The average Bonchev–Trinajstić information content (AvgIpc) is 2.94. The van der Waals surface area contributed by atoms with Crippen molar-refractivity contribution in [2.75, 3.05) is 4.90 Å². The van der Waals surface area contributed by atoms with Crippen LogP contribution in [0.4, 0.5) is 17.1 Å². The number of fused-ring (bicyclic) bond motifs is 1. The summed E-state index contributed by atoms with van der Waals surface area (Å²) in [6, 6.07) is 41.5. The topological polar surface area (TPSA) is 74.6 Å². The molecule has 0 N–H and O–H groups in total. The van der Waals surface area contributed by atoms with E-state index in [1.54, 1.807) is 12.1 Å². The van der Waals surface area contributed by atoms with E-state index in [1.165, 1.54) is 0 Å². The number of hydrogen-bond acceptors (Lipinski definition) is 4. The van der Waals surface area contributed by atoms with E-state index in [4.69, 9.17) is 5.26 Å². The van der Waals surface area contributed by atoms with Crippen LogP contribution in [0.3, 0.4) is 0 Å². The largest absolute Gasteiger partial charge is 0.310 e. The van der Waals surface area contributed by atoms with Crippen molar-refractivity contribution in [1.29, 1.82) is 15.8 Å². The molecule has 162 valence electrons. The van der Waals surface area contributed by atoms with Gasteiger partial charge in [0.2, 0.25) is 0 Å². The molecule has 0 aliphatic rings. The van der Waals surface area contributed by atoms with Crippen molar-refractivity contribution >= 4 is 27.8 Å². The van der Waals surface area contributed by atoms with Crippen molar-refractivity contribution in [3.8, 4) is 29.3 Å². The molecule has 0 aliphatic heterocycles. The van der Waals surface area contributed by atoms with Gasteiger partial charge >= 0.3 is 0 Å². The minimum absolute atomic E-state index is 0.592. The van der Waals surface area contributed by atoms with Gasteiger partial charge in [0.1, 0.15) is 0 Å². The Balaban J connectivity index is 1.65. The first-order valence-electron chi connectivity index (χ1n) is 11.0. The van der Waals surface area contributed by atoms with Crippen LogP contribution in [0.1, 0.15) is 16.7 Å². The maximum Gasteiger partial charge on any atom is 0.0998 e. The fourth-order valence-corrected chi connectivity index (χ4v) is 4.23. The second kappa shape index (κ2) is 9.24. The predicted octanol–water partition coefficient (Wildman–Crippen LogP) is 7.59. The van der Waals surface area contributed by atoms with Crippen LogP contribution in [0.2, 0.25) is 0 Å². The molecule has 0 aromatic heterocycles. The highest BCUT2D eigenvalue weighted by Gasteiger charge is 2.17. The Morgan fingerprint density at radius 3 is 1.49 bits per heavy atom. The number of nitriles is 3. The summed E-state index contributed by atoms with van der Waals surface area (Å²) in [6.07, 6.45) is 0. The first-order chi connectivity index (χ1) is 17.2. The Bertz CT molecular complexity index is 1640. The van der Waals surface area contributed by atoms with E-state index in [9.17, 15) is 10.5 Å². The summed E-state index contributed by atoms with van der Waals surface area (Å²) < 4.78 is 0. The number of rotatable bonds is 4. The van der Waals surface area contributed by atoms with Crippen LogP contribution in [0, 0.1) is 34.0 Å². The average molecular weight is 447 g/mol. The van der Waals surface area contributed by atoms with Gasteiger partial charge in [0.25, 0.3) is 0 Å². The van der Waals surface area contributed by atoms with Crippen molar-refractivity contribution < 1.29 is 0 Å². The SMILES string of the molecule is N#Cc1ccc(-c2ccc(N(c3ccc(C#N)cc3)c3ccc(C#N)c4ccccc34)cc2)cc1. The molecule has 0 atom stereocenters. The van der Waals surface area contributed by atoms with Crippen LogP contribution >= 0.6 is 0 Å². The van der Waals surface area contributed by atoms with E-state index in [0.717, 1.165) is 39.0 Å². The number of nitrogens with zero attached hydrogens (tertiary/aromatic N) is 4. The zero-order chi connectivity index (χ0) is 24.2. The van der Waals surface area contributed by atoms with E-state index >= 15 is 0 Å². The highest BCUT2D eigenvalue weighted by Crippen LogP contribution is 2.40. The Morgan fingerprint density at radius 1 is 0.457 bits per heavy atom. The molecule has 4 heteroatoms. The molecule has 0 aliphatic carbocycles. The second-order valence-corrected chi connectivity index (χ2v) is 8.02. The Morgan fingerprint density at radius 2 is 0.943 bits per heavy atom. The number of benzene rings is 5. The van der Waals surface area contributed by atoms with Crippen molar-refractivity contribution in [2.24, 2.45) is 0 Å². The van der Waals surface area contributed by atoms with Crippen LogP contribution in [-0.4, -0.2) is 0 Å². The van der Waals surface area contributed by atoms with Gasteiger partial charge in [-0.3, -0.25) is 0 Å². The van der Waals surface area contributed by atoms with Crippen LogP contribution in [-0.2, 0) is 0 Å². The van der Waals surface area contributed by atoms with Crippen LogP contribution < -0.4 is 4.90 Å². The molecule has 0 bridgehead atoms. The molecule has 0 saturated heterocycles. The minimum Gasteiger partial charge on any atom is -0.310 e. The monoisotopic (exact) mass is 446 g/mol. The van der Waals surface area contributed by atoms with Crippen molar-refractivity contribution in [3.05, 3.63) is 126 Å². The maximum absolute atomic E-state index is 9.62. The summed E-state index contributed by atoms with van der Waals surface area (Å²) in [5, 5.41) is 29.8. The van der Waals surface area contributed by atoms with Crippen molar-refractivity contribution in [2.45, 2.75) is 0 Å². The first kappa shape index (κ1) is 21.5. The zero-order valence-corrected chi connectivity index (χ0v) is 18.7. The molecule has 4 nitrogen and oxygen atoms in total.